The molecule has 148 valence electrons. The van der Waals surface area contributed by atoms with Crippen molar-refractivity contribution in [1.29, 1.82) is 0 Å². The Bertz CT molecular complexity index is 926. The quantitative estimate of drug-likeness (QED) is 0.662. The van der Waals surface area contributed by atoms with Crippen molar-refractivity contribution in [3.8, 4) is 5.75 Å². The zero-order chi connectivity index (χ0) is 19.9. The summed E-state index contributed by atoms with van der Waals surface area (Å²) in [5.41, 5.74) is 0.177. The minimum Gasteiger partial charge on any atom is -0.490 e. The van der Waals surface area contributed by atoms with E-state index in [2.05, 4.69) is 20.9 Å². The van der Waals surface area contributed by atoms with E-state index in [4.69, 9.17) is 18.9 Å². The van der Waals surface area contributed by atoms with Gasteiger partial charge in [-0.25, -0.2) is 0 Å². The lowest BCUT2D eigenvalue weighted by Crippen LogP contribution is -2.58. The first-order chi connectivity index (χ1) is 13.3. The molecular weight excluding hydrogens is 430 g/mol. The zero-order valence-electron chi connectivity index (χ0n) is 15.5. The molecule has 1 aromatic heterocycles. The number of fused-ring (bicyclic) bond motifs is 1. The molecular formula is C20H20BrNO6. The predicted octanol–water partition coefficient (Wildman–Crippen LogP) is 3.17. The molecule has 8 heteroatoms. The Morgan fingerprint density at radius 3 is 2.64 bits per heavy atom. The number of esters is 2. The standard InChI is InChI=1S/C20H20BrNO6/c1-11(23)26-18-10-25-20(19(18)27-12(2)24)7-16(8-20)28-15-4-3-13-5-14(21)9-22-17(13)6-15/h3-6,9,16,18-19H,7-8,10H2,1-2H3/t16-,18-,19-,20-/m0/s1. The number of rotatable bonds is 4. The summed E-state index contributed by atoms with van der Waals surface area (Å²) < 4.78 is 23.6. The Hall–Kier alpha value is -2.19. The number of hydrogen-bond acceptors (Lipinski definition) is 7. The molecule has 2 aromatic rings. The number of aromatic nitrogens is 1. The number of hydrogen-bond donors (Lipinski definition) is 0. The van der Waals surface area contributed by atoms with Crippen LogP contribution in [0.15, 0.2) is 34.9 Å². The van der Waals surface area contributed by atoms with Gasteiger partial charge in [-0.15, -0.1) is 0 Å². The number of ether oxygens (including phenoxy) is 4. The average Bonchev–Trinajstić information content (AvgIpc) is 2.92. The lowest BCUT2D eigenvalue weighted by molar-refractivity contribution is -0.189. The summed E-state index contributed by atoms with van der Waals surface area (Å²) >= 11 is 3.41. The van der Waals surface area contributed by atoms with E-state index in [1.54, 1.807) is 6.20 Å². The van der Waals surface area contributed by atoms with Crippen molar-refractivity contribution in [2.45, 2.75) is 50.6 Å². The van der Waals surface area contributed by atoms with Crippen LogP contribution in [0.2, 0.25) is 0 Å². The molecule has 1 aliphatic heterocycles. The Labute approximate surface area is 170 Å². The van der Waals surface area contributed by atoms with Gasteiger partial charge in [-0.05, 0) is 34.1 Å². The molecule has 0 unspecified atom stereocenters. The third-order valence-corrected chi connectivity index (χ3v) is 5.51. The number of pyridine rings is 1. The summed E-state index contributed by atoms with van der Waals surface area (Å²) in [5, 5.41) is 1.02. The van der Waals surface area contributed by atoms with Crippen LogP contribution in [0.3, 0.4) is 0 Å². The van der Waals surface area contributed by atoms with E-state index in [0.717, 1.165) is 21.1 Å². The third kappa shape index (κ3) is 3.71. The van der Waals surface area contributed by atoms with Crippen LogP contribution in [0.25, 0.3) is 10.9 Å². The predicted molar refractivity (Wildman–Crippen MR) is 103 cm³/mol. The maximum Gasteiger partial charge on any atom is 0.303 e. The SMILES string of the molecule is CC(=O)O[C@H]1CO[C@]2(C[C@H](Oc3ccc4cc(Br)cnc4c3)C2)[C@H]1OC(C)=O. The Morgan fingerprint density at radius 1 is 1.18 bits per heavy atom. The minimum atomic E-state index is -0.670. The summed E-state index contributed by atoms with van der Waals surface area (Å²) in [6.07, 6.45) is 1.55. The van der Waals surface area contributed by atoms with Crippen molar-refractivity contribution in [3.63, 3.8) is 0 Å². The highest BCUT2D eigenvalue weighted by Gasteiger charge is 2.61. The maximum absolute atomic E-state index is 11.5. The first-order valence-corrected chi connectivity index (χ1v) is 9.84. The van der Waals surface area contributed by atoms with Gasteiger partial charge in [0.25, 0.3) is 0 Å². The third-order valence-electron chi connectivity index (χ3n) is 5.07. The fourth-order valence-corrected chi connectivity index (χ4v) is 4.26. The first kappa shape index (κ1) is 19.1. The molecule has 2 heterocycles. The van der Waals surface area contributed by atoms with Gasteiger partial charge in [-0.1, -0.05) is 0 Å². The van der Waals surface area contributed by atoms with Crippen molar-refractivity contribution in [3.05, 3.63) is 34.9 Å². The molecule has 2 fully saturated rings. The highest BCUT2D eigenvalue weighted by molar-refractivity contribution is 9.10. The van der Waals surface area contributed by atoms with Crippen LogP contribution in [-0.4, -0.2) is 47.4 Å². The number of nitrogens with zero attached hydrogens (tertiary/aromatic N) is 1. The number of benzene rings is 1. The van der Waals surface area contributed by atoms with Gasteiger partial charge in [0.2, 0.25) is 0 Å². The zero-order valence-corrected chi connectivity index (χ0v) is 17.1. The molecule has 1 aromatic carbocycles. The molecule has 1 saturated heterocycles. The Balaban J connectivity index is 1.44. The van der Waals surface area contributed by atoms with E-state index < -0.39 is 29.7 Å². The monoisotopic (exact) mass is 449 g/mol. The summed E-state index contributed by atoms with van der Waals surface area (Å²) in [5.74, 6) is -0.130. The normalized spacial score (nSPS) is 28.8. The van der Waals surface area contributed by atoms with Crippen molar-refractivity contribution >= 4 is 38.8 Å². The van der Waals surface area contributed by atoms with Gasteiger partial charge in [0.05, 0.1) is 12.1 Å². The van der Waals surface area contributed by atoms with Gasteiger partial charge >= 0.3 is 11.9 Å². The molecule has 0 N–H and O–H groups in total. The highest BCUT2D eigenvalue weighted by Crippen LogP contribution is 2.47. The van der Waals surface area contributed by atoms with Gasteiger partial charge in [0.15, 0.2) is 12.2 Å². The fraction of sp³-hybridized carbons (Fsp3) is 0.450. The maximum atomic E-state index is 11.5. The first-order valence-electron chi connectivity index (χ1n) is 9.05. The van der Waals surface area contributed by atoms with Crippen molar-refractivity contribution in [2.75, 3.05) is 6.61 Å². The average molecular weight is 450 g/mol. The minimum absolute atomic E-state index is 0.0814. The van der Waals surface area contributed by atoms with Crippen LogP contribution in [0.4, 0.5) is 0 Å². The van der Waals surface area contributed by atoms with Crippen LogP contribution in [0, 0.1) is 0 Å². The van der Waals surface area contributed by atoms with Gasteiger partial charge in [0, 0.05) is 48.8 Å². The molecule has 28 heavy (non-hydrogen) atoms. The summed E-state index contributed by atoms with van der Waals surface area (Å²) in [7, 11) is 0. The lowest BCUT2D eigenvalue weighted by Gasteiger charge is -2.46. The van der Waals surface area contributed by atoms with Crippen molar-refractivity contribution in [1.82, 2.24) is 4.98 Å². The number of carbonyl (C=O) groups is 2. The van der Waals surface area contributed by atoms with Crippen LogP contribution < -0.4 is 4.74 Å². The van der Waals surface area contributed by atoms with Gasteiger partial charge in [0.1, 0.15) is 17.5 Å². The van der Waals surface area contributed by atoms with E-state index >= 15 is 0 Å². The second kappa shape index (κ2) is 7.33. The molecule has 1 saturated carbocycles. The molecule has 1 spiro atoms. The summed E-state index contributed by atoms with van der Waals surface area (Å²) in [6, 6.07) is 7.76. The van der Waals surface area contributed by atoms with Crippen molar-refractivity contribution < 1.29 is 28.5 Å². The molecule has 2 aliphatic rings. The van der Waals surface area contributed by atoms with E-state index in [1.165, 1.54) is 13.8 Å². The van der Waals surface area contributed by atoms with Crippen LogP contribution in [-0.2, 0) is 23.8 Å². The van der Waals surface area contributed by atoms with E-state index in [1.807, 2.05) is 24.3 Å². The second-order valence-corrected chi connectivity index (χ2v) is 8.13. The molecule has 1 aliphatic carbocycles. The van der Waals surface area contributed by atoms with E-state index in [0.29, 0.717) is 12.8 Å². The molecule has 2 atom stereocenters. The topological polar surface area (TPSA) is 84.0 Å². The largest absolute Gasteiger partial charge is 0.490 e. The molecule has 0 bridgehead atoms. The van der Waals surface area contributed by atoms with Gasteiger partial charge in [-0.2, -0.15) is 0 Å². The van der Waals surface area contributed by atoms with Crippen molar-refractivity contribution in [2.24, 2.45) is 0 Å². The molecule has 0 radical (unpaired) electrons. The van der Waals surface area contributed by atoms with Crippen LogP contribution in [0.5, 0.6) is 5.75 Å². The summed E-state index contributed by atoms with van der Waals surface area (Å²) in [4.78, 5) is 27.2. The van der Waals surface area contributed by atoms with E-state index in [9.17, 15) is 9.59 Å². The number of carbonyl (C=O) groups excluding carboxylic acids is 2. The second-order valence-electron chi connectivity index (χ2n) is 7.21. The lowest BCUT2D eigenvalue weighted by atomic mass is 9.73. The molecule has 7 nitrogen and oxygen atoms in total. The van der Waals surface area contributed by atoms with Crippen LogP contribution >= 0.6 is 15.9 Å². The fourth-order valence-electron chi connectivity index (χ4n) is 3.91. The molecule has 0 amide bonds. The molecule has 4 rings (SSSR count). The highest BCUT2D eigenvalue weighted by atomic mass is 79.9. The number of halogens is 1. The Morgan fingerprint density at radius 2 is 1.93 bits per heavy atom. The smallest absolute Gasteiger partial charge is 0.303 e. The van der Waals surface area contributed by atoms with Gasteiger partial charge < -0.3 is 18.9 Å². The van der Waals surface area contributed by atoms with Crippen LogP contribution in [0.1, 0.15) is 26.7 Å². The van der Waals surface area contributed by atoms with Gasteiger partial charge in [-0.3, -0.25) is 14.6 Å². The summed E-state index contributed by atoms with van der Waals surface area (Å²) in [6.45, 7) is 2.87. The van der Waals surface area contributed by atoms with E-state index in [-0.39, 0.29) is 12.7 Å². The Kier molecular flexibility index (Phi) is 5.01.